The molecule has 1 spiro atoms. The van der Waals surface area contributed by atoms with Crippen molar-refractivity contribution in [1.29, 1.82) is 0 Å². The molecule has 0 atom stereocenters. The third-order valence-electron chi connectivity index (χ3n) is 3.05. The SMILES string of the molecule is CS(=O)(=O)c1ccc2c(c1)NC(=O)C1(CC1)O2. The number of amides is 1. The molecular formula is C11H11NO4S. The van der Waals surface area contributed by atoms with Crippen LogP contribution in [0.1, 0.15) is 12.8 Å². The summed E-state index contributed by atoms with van der Waals surface area (Å²) in [5.41, 5.74) is -0.268. The summed E-state index contributed by atoms with van der Waals surface area (Å²) < 4.78 is 28.4. The van der Waals surface area contributed by atoms with E-state index >= 15 is 0 Å². The van der Waals surface area contributed by atoms with E-state index < -0.39 is 15.4 Å². The molecule has 1 aromatic rings. The molecule has 1 amide bonds. The number of carbonyl (C=O) groups excluding carboxylic acids is 1. The number of fused-ring (bicyclic) bond motifs is 1. The average molecular weight is 253 g/mol. The summed E-state index contributed by atoms with van der Waals surface area (Å²) in [5.74, 6) is 0.352. The summed E-state index contributed by atoms with van der Waals surface area (Å²) >= 11 is 0. The highest BCUT2D eigenvalue weighted by molar-refractivity contribution is 7.90. The summed E-state index contributed by atoms with van der Waals surface area (Å²) in [6, 6.07) is 4.50. The molecule has 3 rings (SSSR count). The summed E-state index contributed by atoms with van der Waals surface area (Å²) in [7, 11) is -3.27. The van der Waals surface area contributed by atoms with Gasteiger partial charge in [-0.1, -0.05) is 0 Å². The van der Waals surface area contributed by atoms with Crippen molar-refractivity contribution < 1.29 is 17.9 Å². The topological polar surface area (TPSA) is 72.5 Å². The molecule has 0 aromatic heterocycles. The Bertz CT molecular complexity index is 616. The van der Waals surface area contributed by atoms with Gasteiger partial charge >= 0.3 is 0 Å². The summed E-state index contributed by atoms with van der Waals surface area (Å²) in [6.45, 7) is 0. The number of nitrogens with one attached hydrogen (secondary N) is 1. The second-order valence-corrected chi connectivity index (χ2v) is 6.50. The van der Waals surface area contributed by atoms with Crippen LogP contribution in [-0.4, -0.2) is 26.2 Å². The second-order valence-electron chi connectivity index (χ2n) is 4.48. The van der Waals surface area contributed by atoms with E-state index in [1.807, 2.05) is 0 Å². The van der Waals surface area contributed by atoms with E-state index in [-0.39, 0.29) is 10.8 Å². The van der Waals surface area contributed by atoms with E-state index in [0.29, 0.717) is 24.3 Å². The molecule has 90 valence electrons. The molecule has 0 saturated heterocycles. The second kappa shape index (κ2) is 3.01. The Labute approximate surface area is 98.7 Å². The van der Waals surface area contributed by atoms with Crippen molar-refractivity contribution in [3.63, 3.8) is 0 Å². The minimum atomic E-state index is -3.27. The van der Waals surface area contributed by atoms with Gasteiger partial charge in [0.1, 0.15) is 5.75 Å². The van der Waals surface area contributed by atoms with Gasteiger partial charge in [-0.05, 0) is 18.2 Å². The van der Waals surface area contributed by atoms with Crippen molar-refractivity contribution in [3.8, 4) is 5.75 Å². The number of carbonyl (C=O) groups is 1. The zero-order valence-corrected chi connectivity index (χ0v) is 10.0. The Kier molecular flexibility index (Phi) is 1.87. The monoisotopic (exact) mass is 253 g/mol. The van der Waals surface area contributed by atoms with Gasteiger partial charge in [-0.15, -0.1) is 0 Å². The van der Waals surface area contributed by atoms with Gasteiger partial charge in [0.05, 0.1) is 10.6 Å². The van der Waals surface area contributed by atoms with Gasteiger partial charge in [0, 0.05) is 19.1 Å². The fraction of sp³-hybridized carbons (Fsp3) is 0.364. The number of ether oxygens (including phenoxy) is 1. The Morgan fingerprint density at radius 3 is 2.65 bits per heavy atom. The lowest BCUT2D eigenvalue weighted by atomic mass is 10.2. The maximum absolute atomic E-state index is 11.7. The number of hydrogen-bond donors (Lipinski definition) is 1. The van der Waals surface area contributed by atoms with Crippen LogP contribution in [-0.2, 0) is 14.6 Å². The average Bonchev–Trinajstić information content (AvgIpc) is 2.99. The predicted octanol–water partition coefficient (Wildman–Crippen LogP) is 0.954. The van der Waals surface area contributed by atoms with Crippen molar-refractivity contribution in [2.75, 3.05) is 11.6 Å². The van der Waals surface area contributed by atoms with E-state index in [0.717, 1.165) is 6.26 Å². The van der Waals surface area contributed by atoms with Crippen LogP contribution >= 0.6 is 0 Å². The smallest absolute Gasteiger partial charge is 0.268 e. The van der Waals surface area contributed by atoms with Gasteiger partial charge in [0.25, 0.3) is 5.91 Å². The third-order valence-corrected chi connectivity index (χ3v) is 4.16. The van der Waals surface area contributed by atoms with E-state index in [1.54, 1.807) is 6.07 Å². The van der Waals surface area contributed by atoms with Gasteiger partial charge in [0.2, 0.25) is 0 Å². The molecule has 6 heteroatoms. The molecule has 0 radical (unpaired) electrons. The fourth-order valence-corrected chi connectivity index (χ4v) is 2.51. The van der Waals surface area contributed by atoms with Gasteiger partial charge in [0.15, 0.2) is 15.4 Å². The van der Waals surface area contributed by atoms with Gasteiger partial charge in [-0.3, -0.25) is 4.79 Å². The highest BCUT2D eigenvalue weighted by Gasteiger charge is 2.55. The maximum atomic E-state index is 11.7. The van der Waals surface area contributed by atoms with Crippen LogP contribution < -0.4 is 10.1 Å². The number of sulfone groups is 1. The van der Waals surface area contributed by atoms with E-state index in [4.69, 9.17) is 4.74 Å². The molecule has 1 saturated carbocycles. The van der Waals surface area contributed by atoms with Crippen LogP contribution in [0, 0.1) is 0 Å². The number of rotatable bonds is 1. The summed E-state index contributed by atoms with van der Waals surface area (Å²) in [5, 5.41) is 2.70. The van der Waals surface area contributed by atoms with Crippen molar-refractivity contribution in [3.05, 3.63) is 18.2 Å². The first kappa shape index (κ1) is 10.6. The van der Waals surface area contributed by atoms with Crippen molar-refractivity contribution in [1.82, 2.24) is 0 Å². The Balaban J connectivity index is 2.06. The van der Waals surface area contributed by atoms with Crippen LogP contribution in [0.3, 0.4) is 0 Å². The molecule has 2 aliphatic rings. The summed E-state index contributed by atoms with van der Waals surface area (Å²) in [6.07, 6.45) is 2.56. The van der Waals surface area contributed by atoms with Crippen LogP contribution in [0.2, 0.25) is 0 Å². The molecule has 1 aromatic carbocycles. The summed E-state index contributed by atoms with van der Waals surface area (Å²) in [4.78, 5) is 11.9. The Morgan fingerprint density at radius 2 is 2.06 bits per heavy atom. The minimum Gasteiger partial charge on any atom is -0.475 e. The standard InChI is InChI=1S/C11H11NO4S/c1-17(14,15)7-2-3-9-8(6-7)12-10(13)11(16-9)4-5-11/h2-3,6H,4-5H2,1H3,(H,12,13). The first-order valence-electron chi connectivity index (χ1n) is 5.25. The molecule has 1 aliphatic heterocycles. The highest BCUT2D eigenvalue weighted by Crippen LogP contribution is 2.46. The van der Waals surface area contributed by atoms with E-state index in [9.17, 15) is 13.2 Å². The molecular weight excluding hydrogens is 242 g/mol. The van der Waals surface area contributed by atoms with Gasteiger partial charge < -0.3 is 10.1 Å². The van der Waals surface area contributed by atoms with Gasteiger partial charge in [-0.25, -0.2) is 8.42 Å². The Morgan fingerprint density at radius 1 is 1.35 bits per heavy atom. The first-order valence-corrected chi connectivity index (χ1v) is 7.14. The lowest BCUT2D eigenvalue weighted by molar-refractivity contribution is -0.125. The fourth-order valence-electron chi connectivity index (χ4n) is 1.86. The van der Waals surface area contributed by atoms with Crippen LogP contribution in [0.25, 0.3) is 0 Å². The quantitative estimate of drug-likeness (QED) is 0.809. The maximum Gasteiger partial charge on any atom is 0.268 e. The van der Waals surface area contributed by atoms with Crippen LogP contribution in [0.5, 0.6) is 5.75 Å². The normalized spacial score (nSPS) is 20.4. The highest BCUT2D eigenvalue weighted by atomic mass is 32.2. The number of anilines is 1. The minimum absolute atomic E-state index is 0.173. The first-order chi connectivity index (χ1) is 7.91. The van der Waals surface area contributed by atoms with Crippen molar-refractivity contribution in [2.24, 2.45) is 0 Å². The molecule has 1 aliphatic carbocycles. The van der Waals surface area contributed by atoms with E-state index in [2.05, 4.69) is 5.32 Å². The van der Waals surface area contributed by atoms with E-state index in [1.165, 1.54) is 12.1 Å². The lowest BCUT2D eigenvalue weighted by Gasteiger charge is -2.25. The largest absolute Gasteiger partial charge is 0.475 e. The number of benzene rings is 1. The zero-order chi connectivity index (χ0) is 12.3. The Hall–Kier alpha value is -1.56. The van der Waals surface area contributed by atoms with Gasteiger partial charge in [-0.2, -0.15) is 0 Å². The molecule has 1 fully saturated rings. The molecule has 0 bridgehead atoms. The van der Waals surface area contributed by atoms with Crippen LogP contribution in [0.4, 0.5) is 5.69 Å². The molecule has 1 heterocycles. The predicted molar refractivity (Wildman–Crippen MR) is 60.8 cm³/mol. The third kappa shape index (κ3) is 1.59. The molecule has 17 heavy (non-hydrogen) atoms. The molecule has 1 N–H and O–H groups in total. The lowest BCUT2D eigenvalue weighted by Crippen LogP contribution is -2.39. The molecule has 5 nitrogen and oxygen atoms in total. The van der Waals surface area contributed by atoms with Crippen molar-refractivity contribution >= 4 is 21.4 Å². The molecule has 0 unspecified atom stereocenters. The van der Waals surface area contributed by atoms with Crippen LogP contribution in [0.15, 0.2) is 23.1 Å². The number of hydrogen-bond acceptors (Lipinski definition) is 4. The van der Waals surface area contributed by atoms with Crippen molar-refractivity contribution in [2.45, 2.75) is 23.3 Å². The zero-order valence-electron chi connectivity index (χ0n) is 9.19.